The molecule has 0 unspecified atom stereocenters. The number of nitro benzene ring substituents is 2. The Bertz CT molecular complexity index is 1490. The second-order valence-corrected chi connectivity index (χ2v) is 9.75. The number of nitrogens with zero attached hydrogens (tertiary/aromatic N) is 4. The van der Waals surface area contributed by atoms with E-state index in [1.54, 1.807) is 38.1 Å². The molecule has 44 heavy (non-hydrogen) atoms. The molecular formula is C32H32N4O8. The average Bonchev–Trinajstić information content (AvgIpc) is 3.03. The van der Waals surface area contributed by atoms with Crippen molar-refractivity contribution in [3.63, 3.8) is 0 Å². The van der Waals surface area contributed by atoms with E-state index < -0.39 is 34.1 Å². The molecule has 4 rings (SSSR count). The van der Waals surface area contributed by atoms with E-state index in [-0.39, 0.29) is 34.0 Å². The molecule has 0 aliphatic heterocycles. The summed E-state index contributed by atoms with van der Waals surface area (Å²) in [6, 6.07) is 24.6. The zero-order chi connectivity index (χ0) is 32.2. The maximum atomic E-state index is 10.7. The summed E-state index contributed by atoms with van der Waals surface area (Å²) in [5, 5.41) is 61.3. The normalized spacial score (nSPS) is 13.9. The van der Waals surface area contributed by atoms with Crippen molar-refractivity contribution in [1.29, 1.82) is 0 Å². The highest BCUT2D eigenvalue weighted by molar-refractivity contribution is 5.85. The lowest BCUT2D eigenvalue weighted by atomic mass is 10.0. The van der Waals surface area contributed by atoms with Crippen LogP contribution in [0, 0.1) is 20.2 Å². The molecule has 0 bridgehead atoms. The van der Waals surface area contributed by atoms with Crippen molar-refractivity contribution in [3.05, 3.63) is 140 Å². The third-order valence-corrected chi connectivity index (χ3v) is 6.54. The average molecular weight is 601 g/mol. The molecule has 4 N–H and O–H groups in total. The number of hydrogen-bond acceptors (Lipinski definition) is 10. The smallest absolute Gasteiger partial charge is 0.270 e. The number of phenols is 2. The first-order valence-corrected chi connectivity index (χ1v) is 13.4. The molecule has 4 atom stereocenters. The van der Waals surface area contributed by atoms with E-state index in [2.05, 4.69) is 9.98 Å². The number of non-ortho nitro benzene ring substituents is 2. The highest BCUT2D eigenvalue weighted by Gasteiger charge is 2.16. The number of aliphatic hydroxyl groups excluding tert-OH is 2. The first-order chi connectivity index (χ1) is 21.0. The van der Waals surface area contributed by atoms with Crippen LogP contribution >= 0.6 is 0 Å². The number of benzene rings is 4. The minimum atomic E-state index is -0.793. The summed E-state index contributed by atoms with van der Waals surface area (Å²) in [5.74, 6) is -0.202. The minimum Gasteiger partial charge on any atom is -0.507 e. The standard InChI is InChI=1S/2C16H16N2O4/c2*1-11(16(20)12-5-3-2-4-6-12)17-10-13-9-14(18(21)22)7-8-15(13)19/h2*2-11,16,19-20H,1H3/t2*11-,16-/m11/s1. The van der Waals surface area contributed by atoms with Crippen LogP contribution in [0.15, 0.2) is 107 Å². The van der Waals surface area contributed by atoms with Gasteiger partial charge in [-0.15, -0.1) is 0 Å². The van der Waals surface area contributed by atoms with Crippen molar-refractivity contribution in [2.45, 2.75) is 38.1 Å². The van der Waals surface area contributed by atoms with E-state index in [9.17, 15) is 40.7 Å². The van der Waals surface area contributed by atoms with Crippen LogP contribution in [-0.2, 0) is 0 Å². The molecule has 0 saturated carbocycles. The van der Waals surface area contributed by atoms with Gasteiger partial charge in [0.05, 0.1) is 21.9 Å². The monoisotopic (exact) mass is 600 g/mol. The molecule has 0 aliphatic carbocycles. The van der Waals surface area contributed by atoms with Gasteiger partial charge in [-0.05, 0) is 37.1 Å². The van der Waals surface area contributed by atoms with Gasteiger partial charge < -0.3 is 20.4 Å². The van der Waals surface area contributed by atoms with Crippen LogP contribution in [-0.4, -0.2) is 54.8 Å². The number of nitro groups is 2. The Balaban J connectivity index is 0.000000240. The van der Waals surface area contributed by atoms with Gasteiger partial charge in [0.2, 0.25) is 0 Å². The van der Waals surface area contributed by atoms with Crippen LogP contribution in [0.1, 0.15) is 48.3 Å². The molecule has 4 aromatic rings. The van der Waals surface area contributed by atoms with Crippen molar-refractivity contribution in [2.24, 2.45) is 9.98 Å². The van der Waals surface area contributed by atoms with Crippen molar-refractivity contribution >= 4 is 23.8 Å². The Hall–Kier alpha value is -5.46. The van der Waals surface area contributed by atoms with Crippen molar-refractivity contribution in [2.75, 3.05) is 0 Å². The largest absolute Gasteiger partial charge is 0.507 e. The first-order valence-electron chi connectivity index (χ1n) is 13.4. The van der Waals surface area contributed by atoms with Crippen LogP contribution in [0.3, 0.4) is 0 Å². The Morgan fingerprint density at radius 3 is 1.27 bits per heavy atom. The lowest BCUT2D eigenvalue weighted by molar-refractivity contribution is -0.385. The molecule has 0 spiro atoms. The molecule has 0 fully saturated rings. The molecule has 0 aliphatic rings. The Kier molecular flexibility index (Phi) is 11.8. The Morgan fingerprint density at radius 2 is 0.955 bits per heavy atom. The fourth-order valence-electron chi connectivity index (χ4n) is 3.93. The molecule has 0 aromatic heterocycles. The molecular weight excluding hydrogens is 568 g/mol. The number of aliphatic imine (C=N–C) groups is 2. The van der Waals surface area contributed by atoms with E-state index in [0.29, 0.717) is 0 Å². The maximum Gasteiger partial charge on any atom is 0.270 e. The molecule has 228 valence electrons. The second-order valence-electron chi connectivity index (χ2n) is 9.75. The van der Waals surface area contributed by atoms with Crippen molar-refractivity contribution in [3.8, 4) is 11.5 Å². The third-order valence-electron chi connectivity index (χ3n) is 6.54. The number of aromatic hydroxyl groups is 2. The van der Waals surface area contributed by atoms with Crippen LogP contribution in [0.4, 0.5) is 11.4 Å². The number of rotatable bonds is 10. The molecule has 12 heteroatoms. The first kappa shape index (κ1) is 33.0. The maximum absolute atomic E-state index is 10.7. The van der Waals surface area contributed by atoms with Gasteiger partial charge in [0.25, 0.3) is 11.4 Å². The second kappa shape index (κ2) is 15.7. The fraction of sp³-hybridized carbons (Fsp3) is 0.188. The molecule has 0 saturated heterocycles. The third kappa shape index (κ3) is 9.28. The minimum absolute atomic E-state index is 0.101. The van der Waals surface area contributed by atoms with Crippen LogP contribution in [0.25, 0.3) is 0 Å². The molecule has 0 radical (unpaired) electrons. The number of aliphatic hydroxyl groups is 2. The quantitative estimate of drug-likeness (QED) is 0.101. The summed E-state index contributed by atoms with van der Waals surface area (Å²) in [5.41, 5.74) is 1.68. The Morgan fingerprint density at radius 1 is 0.614 bits per heavy atom. The number of phenolic OH excluding ortho intramolecular Hbond substituents is 2. The molecule has 4 aromatic carbocycles. The van der Waals surface area contributed by atoms with Gasteiger partial charge in [0, 0.05) is 47.8 Å². The van der Waals surface area contributed by atoms with Gasteiger partial charge in [-0.1, -0.05) is 60.7 Å². The topological polar surface area (TPSA) is 192 Å². The zero-order valence-corrected chi connectivity index (χ0v) is 23.9. The van der Waals surface area contributed by atoms with Gasteiger partial charge >= 0.3 is 0 Å². The van der Waals surface area contributed by atoms with Crippen molar-refractivity contribution in [1.82, 2.24) is 0 Å². The van der Waals surface area contributed by atoms with Gasteiger partial charge in [-0.2, -0.15) is 0 Å². The molecule has 12 nitrogen and oxygen atoms in total. The van der Waals surface area contributed by atoms with Gasteiger partial charge in [-0.25, -0.2) is 0 Å². The summed E-state index contributed by atoms with van der Waals surface area (Å²) in [6.45, 7) is 3.45. The van der Waals surface area contributed by atoms with E-state index >= 15 is 0 Å². The fourth-order valence-corrected chi connectivity index (χ4v) is 3.93. The molecule has 0 heterocycles. The van der Waals surface area contributed by atoms with Crippen molar-refractivity contribution < 1.29 is 30.3 Å². The van der Waals surface area contributed by atoms with E-state index in [1.165, 1.54) is 48.8 Å². The van der Waals surface area contributed by atoms with Crippen LogP contribution < -0.4 is 0 Å². The summed E-state index contributed by atoms with van der Waals surface area (Å²) < 4.78 is 0. The highest BCUT2D eigenvalue weighted by Crippen LogP contribution is 2.24. The van der Waals surface area contributed by atoms with Gasteiger partial charge in [0.15, 0.2) is 0 Å². The lowest BCUT2D eigenvalue weighted by Crippen LogP contribution is -2.12. The SMILES string of the molecule is C[C@@H](N=Cc1cc([N+](=O)[O-])ccc1O)[C@@H](O)c1ccccc1.C[C@@H](N=Cc1cc([N+](=O)[O-])ccc1O)[C@@H](O)c1ccccc1. The predicted octanol–water partition coefficient (Wildman–Crippen LogP) is 5.68. The summed E-state index contributed by atoms with van der Waals surface area (Å²) in [6.07, 6.45) is 1.08. The lowest BCUT2D eigenvalue weighted by Gasteiger charge is -2.15. The Labute approximate surface area is 253 Å². The van der Waals surface area contributed by atoms with Crippen LogP contribution in [0.2, 0.25) is 0 Å². The summed E-state index contributed by atoms with van der Waals surface area (Å²) in [4.78, 5) is 28.7. The van der Waals surface area contributed by atoms with E-state index in [4.69, 9.17) is 0 Å². The zero-order valence-electron chi connectivity index (χ0n) is 23.9. The number of hydrogen-bond donors (Lipinski definition) is 4. The molecule has 0 amide bonds. The highest BCUT2D eigenvalue weighted by atomic mass is 16.6. The van der Waals surface area contributed by atoms with E-state index in [1.807, 2.05) is 36.4 Å². The summed E-state index contributed by atoms with van der Waals surface area (Å²) >= 11 is 0. The predicted molar refractivity (Wildman–Crippen MR) is 166 cm³/mol. The van der Waals surface area contributed by atoms with Gasteiger partial charge in [-0.3, -0.25) is 30.2 Å². The van der Waals surface area contributed by atoms with Crippen LogP contribution in [0.5, 0.6) is 11.5 Å². The van der Waals surface area contributed by atoms with E-state index in [0.717, 1.165) is 11.1 Å². The summed E-state index contributed by atoms with van der Waals surface area (Å²) in [7, 11) is 0. The van der Waals surface area contributed by atoms with Gasteiger partial charge in [0.1, 0.15) is 23.7 Å².